The van der Waals surface area contributed by atoms with E-state index in [2.05, 4.69) is 0 Å². The van der Waals surface area contributed by atoms with Crippen molar-refractivity contribution in [2.75, 3.05) is 6.73 Å². The lowest BCUT2D eigenvalue weighted by molar-refractivity contribution is -0.154. The summed E-state index contributed by atoms with van der Waals surface area (Å²) in [6.07, 6.45) is 1.25. The molecule has 0 radical (unpaired) electrons. The van der Waals surface area contributed by atoms with Crippen molar-refractivity contribution in [2.24, 2.45) is 5.73 Å². The largest absolute Gasteiger partial charge is 0.488 e. The molecule has 0 saturated heterocycles. The van der Waals surface area contributed by atoms with E-state index in [4.69, 9.17) is 24.7 Å². The fraction of sp³-hybridized carbons (Fsp3) is 0.320. The van der Waals surface area contributed by atoms with Crippen LogP contribution in [0.2, 0.25) is 0 Å². The highest BCUT2D eigenvalue weighted by atomic mass is 16.6. The van der Waals surface area contributed by atoms with Crippen molar-refractivity contribution in [3.63, 3.8) is 0 Å². The van der Waals surface area contributed by atoms with Crippen LogP contribution in [0.25, 0.3) is 6.08 Å². The fourth-order valence-corrected chi connectivity index (χ4v) is 2.82. The van der Waals surface area contributed by atoms with Gasteiger partial charge in [0.25, 0.3) is 0 Å². The van der Waals surface area contributed by atoms with E-state index in [0.717, 1.165) is 5.56 Å². The zero-order chi connectivity index (χ0) is 24.6. The minimum Gasteiger partial charge on any atom is -0.488 e. The quantitative estimate of drug-likeness (QED) is 0.160. The van der Waals surface area contributed by atoms with Crippen LogP contribution < -0.4 is 15.2 Å². The molecule has 176 valence electrons. The second-order valence-electron chi connectivity index (χ2n) is 8.13. The first kappa shape index (κ1) is 25.6. The van der Waals surface area contributed by atoms with Gasteiger partial charge in [0.2, 0.25) is 0 Å². The van der Waals surface area contributed by atoms with Crippen molar-refractivity contribution in [3.05, 3.63) is 64.7 Å². The molecule has 2 N–H and O–H groups in total. The Labute approximate surface area is 193 Å². The molecule has 0 amide bonds. The van der Waals surface area contributed by atoms with E-state index in [-0.39, 0.29) is 11.3 Å². The summed E-state index contributed by atoms with van der Waals surface area (Å²) < 4.78 is 21.4. The number of carbonyl (C=O) groups is 3. The van der Waals surface area contributed by atoms with Crippen molar-refractivity contribution in [1.29, 1.82) is 0 Å². The Hall–Kier alpha value is -3.65. The Morgan fingerprint density at radius 2 is 1.67 bits per heavy atom. The monoisotopic (exact) mass is 455 g/mol. The Kier molecular flexibility index (Phi) is 8.76. The summed E-state index contributed by atoms with van der Waals surface area (Å²) in [4.78, 5) is 36.8. The standard InChI is InChI=1S/C25H29NO7/c1-16-21(30-14-18-9-7-6-8-10-18)12-11-19(22(16)32-17(2)27)13-20(23(28)31-15-26)24(29)33-25(3,4)5/h6-13H,14-15,26H2,1-5H3. The molecule has 0 bridgehead atoms. The first-order valence-corrected chi connectivity index (χ1v) is 10.3. The third-order valence-corrected chi connectivity index (χ3v) is 4.22. The Morgan fingerprint density at radius 3 is 2.24 bits per heavy atom. The van der Waals surface area contributed by atoms with Gasteiger partial charge in [-0.2, -0.15) is 0 Å². The van der Waals surface area contributed by atoms with Crippen LogP contribution in [0.5, 0.6) is 11.5 Å². The van der Waals surface area contributed by atoms with E-state index >= 15 is 0 Å². The van der Waals surface area contributed by atoms with E-state index in [1.807, 2.05) is 30.3 Å². The van der Waals surface area contributed by atoms with Crippen molar-refractivity contribution >= 4 is 24.0 Å². The molecule has 2 aromatic carbocycles. The molecule has 0 aliphatic carbocycles. The molecule has 0 heterocycles. The number of carbonyl (C=O) groups excluding carboxylic acids is 3. The summed E-state index contributed by atoms with van der Waals surface area (Å²) in [5.41, 5.74) is 5.85. The van der Waals surface area contributed by atoms with Crippen LogP contribution in [-0.4, -0.2) is 30.2 Å². The van der Waals surface area contributed by atoms with Crippen LogP contribution in [0.15, 0.2) is 48.0 Å². The molecular formula is C25H29NO7. The van der Waals surface area contributed by atoms with E-state index < -0.39 is 30.2 Å². The molecule has 0 aliphatic heterocycles. The Morgan fingerprint density at radius 1 is 1.00 bits per heavy atom. The predicted octanol–water partition coefficient (Wildman–Crippen LogP) is 3.68. The van der Waals surface area contributed by atoms with Gasteiger partial charge in [0.15, 0.2) is 0 Å². The maximum absolute atomic E-state index is 12.7. The summed E-state index contributed by atoms with van der Waals surface area (Å²) in [5, 5.41) is 0. The molecule has 8 nitrogen and oxygen atoms in total. The summed E-state index contributed by atoms with van der Waals surface area (Å²) in [5.74, 6) is -1.79. The number of esters is 3. The number of benzene rings is 2. The number of hydrogen-bond acceptors (Lipinski definition) is 8. The summed E-state index contributed by atoms with van der Waals surface area (Å²) >= 11 is 0. The molecule has 0 atom stereocenters. The van der Waals surface area contributed by atoms with Gasteiger partial charge in [-0.25, -0.2) is 9.59 Å². The molecule has 0 saturated carbocycles. The first-order chi connectivity index (χ1) is 15.5. The molecule has 2 rings (SSSR count). The van der Waals surface area contributed by atoms with E-state index in [1.54, 1.807) is 39.8 Å². The number of ether oxygens (including phenoxy) is 4. The molecular weight excluding hydrogens is 426 g/mol. The summed E-state index contributed by atoms with van der Waals surface area (Å²) in [6, 6.07) is 12.8. The minimum atomic E-state index is -0.956. The van der Waals surface area contributed by atoms with E-state index in [1.165, 1.54) is 13.0 Å². The highest BCUT2D eigenvalue weighted by Gasteiger charge is 2.27. The number of nitrogens with two attached hydrogens (primary N) is 1. The molecule has 8 heteroatoms. The van der Waals surface area contributed by atoms with E-state index in [0.29, 0.717) is 23.5 Å². The predicted molar refractivity (Wildman–Crippen MR) is 122 cm³/mol. The van der Waals surface area contributed by atoms with Crippen LogP contribution in [0.4, 0.5) is 0 Å². The van der Waals surface area contributed by atoms with Crippen molar-refractivity contribution in [2.45, 2.75) is 46.8 Å². The number of rotatable bonds is 8. The van der Waals surface area contributed by atoms with Gasteiger partial charge >= 0.3 is 17.9 Å². The average Bonchev–Trinajstić information content (AvgIpc) is 2.72. The van der Waals surface area contributed by atoms with Gasteiger partial charge in [-0.15, -0.1) is 0 Å². The van der Waals surface area contributed by atoms with Gasteiger partial charge in [-0.3, -0.25) is 10.5 Å². The van der Waals surface area contributed by atoms with Crippen LogP contribution in [0.1, 0.15) is 44.4 Å². The first-order valence-electron chi connectivity index (χ1n) is 10.3. The van der Waals surface area contributed by atoms with E-state index in [9.17, 15) is 14.4 Å². The Balaban J connectivity index is 2.48. The second-order valence-corrected chi connectivity index (χ2v) is 8.13. The van der Waals surface area contributed by atoms with Gasteiger partial charge in [0.05, 0.1) is 0 Å². The van der Waals surface area contributed by atoms with Crippen LogP contribution >= 0.6 is 0 Å². The molecule has 0 aromatic heterocycles. The minimum absolute atomic E-state index is 0.148. The maximum atomic E-state index is 12.7. The lowest BCUT2D eigenvalue weighted by Gasteiger charge is -2.20. The van der Waals surface area contributed by atoms with Crippen LogP contribution in [0.3, 0.4) is 0 Å². The van der Waals surface area contributed by atoms with Crippen molar-refractivity contribution < 1.29 is 33.3 Å². The zero-order valence-corrected chi connectivity index (χ0v) is 19.5. The topological polar surface area (TPSA) is 114 Å². The van der Waals surface area contributed by atoms with Gasteiger partial charge in [0.1, 0.15) is 36.0 Å². The fourth-order valence-electron chi connectivity index (χ4n) is 2.82. The summed E-state index contributed by atoms with van der Waals surface area (Å²) in [7, 11) is 0. The van der Waals surface area contributed by atoms with Crippen LogP contribution in [-0.2, 0) is 30.5 Å². The average molecular weight is 456 g/mol. The number of hydrogen-bond donors (Lipinski definition) is 1. The zero-order valence-electron chi connectivity index (χ0n) is 19.5. The van der Waals surface area contributed by atoms with Gasteiger partial charge < -0.3 is 18.9 Å². The third-order valence-electron chi connectivity index (χ3n) is 4.22. The SMILES string of the molecule is CC(=O)Oc1c(C=C(C(=O)OCN)C(=O)OC(C)(C)C)ccc(OCc2ccccc2)c1C. The second kappa shape index (κ2) is 11.3. The lowest BCUT2D eigenvalue weighted by Crippen LogP contribution is -2.28. The van der Waals surface area contributed by atoms with Crippen molar-refractivity contribution in [3.8, 4) is 11.5 Å². The Bertz CT molecular complexity index is 1040. The highest BCUT2D eigenvalue weighted by molar-refractivity contribution is 6.18. The van der Waals surface area contributed by atoms with Gasteiger partial charge in [0, 0.05) is 18.1 Å². The third kappa shape index (κ3) is 7.76. The maximum Gasteiger partial charge on any atom is 0.346 e. The normalized spacial score (nSPS) is 11.5. The molecule has 0 unspecified atom stereocenters. The molecule has 2 aromatic rings. The molecule has 33 heavy (non-hydrogen) atoms. The molecule has 0 aliphatic rings. The van der Waals surface area contributed by atoms with Crippen molar-refractivity contribution in [1.82, 2.24) is 0 Å². The van der Waals surface area contributed by atoms with Crippen LogP contribution in [0, 0.1) is 6.92 Å². The lowest BCUT2D eigenvalue weighted by atomic mass is 10.0. The smallest absolute Gasteiger partial charge is 0.346 e. The molecule has 0 spiro atoms. The van der Waals surface area contributed by atoms with Gasteiger partial charge in [-0.1, -0.05) is 30.3 Å². The van der Waals surface area contributed by atoms with Gasteiger partial charge in [-0.05, 0) is 51.5 Å². The highest BCUT2D eigenvalue weighted by Crippen LogP contribution is 2.34. The molecule has 0 fully saturated rings. The summed E-state index contributed by atoms with van der Waals surface area (Å²) in [6.45, 7) is 7.87.